The number of hydrogen-bond acceptors (Lipinski definition) is 6. The Labute approximate surface area is 220 Å². The number of ether oxygens (including phenoxy) is 1. The molecule has 1 unspecified atom stereocenters. The van der Waals surface area contributed by atoms with Crippen LogP contribution in [-0.2, 0) is 11.2 Å². The van der Waals surface area contributed by atoms with E-state index in [1.165, 1.54) is 0 Å². The number of pyridine rings is 1. The SMILES string of the molecule is N#CC(=CC1CC1)C(=O)N1CCCC1Cc1cc2[nH]nc(N)c2c(-c2ccc(Oc3ccccc3)cc2)n1. The maximum atomic E-state index is 13.2. The molecule has 1 aliphatic carbocycles. The van der Waals surface area contributed by atoms with Crippen molar-refractivity contribution in [1.82, 2.24) is 20.1 Å². The second-order valence-corrected chi connectivity index (χ2v) is 9.96. The van der Waals surface area contributed by atoms with Crippen LogP contribution >= 0.6 is 0 Å². The van der Waals surface area contributed by atoms with E-state index < -0.39 is 0 Å². The van der Waals surface area contributed by atoms with Gasteiger partial charge in [0.2, 0.25) is 0 Å². The van der Waals surface area contributed by atoms with Gasteiger partial charge in [0.1, 0.15) is 23.1 Å². The summed E-state index contributed by atoms with van der Waals surface area (Å²) in [6.45, 7) is 0.655. The summed E-state index contributed by atoms with van der Waals surface area (Å²) < 4.78 is 5.94. The van der Waals surface area contributed by atoms with Crippen molar-refractivity contribution >= 4 is 22.6 Å². The van der Waals surface area contributed by atoms with Crippen LogP contribution in [0.5, 0.6) is 11.5 Å². The Morgan fingerprint density at radius 2 is 1.89 bits per heavy atom. The maximum absolute atomic E-state index is 13.2. The third-order valence-corrected chi connectivity index (χ3v) is 7.19. The third-order valence-electron chi connectivity index (χ3n) is 7.19. The minimum Gasteiger partial charge on any atom is -0.457 e. The summed E-state index contributed by atoms with van der Waals surface area (Å²) in [6, 6.07) is 21.4. The highest BCUT2D eigenvalue weighted by Gasteiger charge is 2.32. The number of nitrogens with zero attached hydrogens (tertiary/aromatic N) is 4. The maximum Gasteiger partial charge on any atom is 0.264 e. The number of likely N-dealkylation sites (tertiary alicyclic amines) is 1. The van der Waals surface area contributed by atoms with Gasteiger partial charge in [-0.25, -0.2) is 0 Å². The highest BCUT2D eigenvalue weighted by Crippen LogP contribution is 2.34. The lowest BCUT2D eigenvalue weighted by atomic mass is 10.0. The molecule has 3 N–H and O–H groups in total. The van der Waals surface area contributed by atoms with Crippen molar-refractivity contribution in [3.05, 3.63) is 78.0 Å². The van der Waals surface area contributed by atoms with Gasteiger partial charge in [-0.1, -0.05) is 24.3 Å². The summed E-state index contributed by atoms with van der Waals surface area (Å²) >= 11 is 0. The second kappa shape index (κ2) is 10.0. The number of para-hydroxylation sites is 1. The third kappa shape index (κ3) is 4.83. The van der Waals surface area contributed by atoms with Crippen LogP contribution in [0.3, 0.4) is 0 Å². The normalized spacial score (nSPS) is 17.5. The predicted molar refractivity (Wildman–Crippen MR) is 145 cm³/mol. The summed E-state index contributed by atoms with van der Waals surface area (Å²) in [4.78, 5) is 20.0. The van der Waals surface area contributed by atoms with Crippen LogP contribution in [0.25, 0.3) is 22.2 Å². The highest BCUT2D eigenvalue weighted by atomic mass is 16.5. The molecule has 2 aromatic carbocycles. The van der Waals surface area contributed by atoms with Crippen LogP contribution in [0.15, 0.2) is 72.3 Å². The van der Waals surface area contributed by atoms with E-state index in [1.807, 2.05) is 71.6 Å². The summed E-state index contributed by atoms with van der Waals surface area (Å²) in [5.41, 5.74) is 9.75. The minimum absolute atomic E-state index is 0.0156. The number of anilines is 1. The number of carbonyl (C=O) groups is 1. The Morgan fingerprint density at radius 1 is 1.13 bits per heavy atom. The van der Waals surface area contributed by atoms with Crippen molar-refractivity contribution in [2.75, 3.05) is 12.3 Å². The molecule has 1 amide bonds. The molecule has 8 nitrogen and oxygen atoms in total. The van der Waals surface area contributed by atoms with Gasteiger partial charge in [-0.05, 0) is 74.1 Å². The van der Waals surface area contributed by atoms with E-state index in [9.17, 15) is 10.1 Å². The van der Waals surface area contributed by atoms with E-state index in [0.29, 0.717) is 24.7 Å². The Kier molecular flexibility index (Phi) is 6.26. The molecular weight excluding hydrogens is 476 g/mol. The molecule has 2 aliphatic rings. The van der Waals surface area contributed by atoms with Gasteiger partial charge in [0.25, 0.3) is 5.91 Å². The van der Waals surface area contributed by atoms with Crippen LogP contribution in [0.2, 0.25) is 0 Å². The van der Waals surface area contributed by atoms with Crippen LogP contribution in [-0.4, -0.2) is 38.6 Å². The van der Waals surface area contributed by atoms with Gasteiger partial charge in [-0.3, -0.25) is 14.9 Å². The fourth-order valence-corrected chi connectivity index (χ4v) is 5.11. The number of hydrogen-bond donors (Lipinski definition) is 2. The molecule has 0 bridgehead atoms. The number of aromatic amines is 1. The monoisotopic (exact) mass is 504 g/mol. The van der Waals surface area contributed by atoms with Gasteiger partial charge < -0.3 is 15.4 Å². The average molecular weight is 505 g/mol. The van der Waals surface area contributed by atoms with E-state index in [-0.39, 0.29) is 17.5 Å². The van der Waals surface area contributed by atoms with Gasteiger partial charge >= 0.3 is 0 Å². The minimum atomic E-state index is -0.164. The number of fused-ring (bicyclic) bond motifs is 1. The van der Waals surface area contributed by atoms with Gasteiger partial charge in [0, 0.05) is 30.3 Å². The van der Waals surface area contributed by atoms with E-state index >= 15 is 0 Å². The fourth-order valence-electron chi connectivity index (χ4n) is 5.11. The van der Waals surface area contributed by atoms with Gasteiger partial charge in [0.05, 0.1) is 16.6 Å². The lowest BCUT2D eigenvalue weighted by molar-refractivity contribution is -0.127. The van der Waals surface area contributed by atoms with Gasteiger partial charge in [-0.2, -0.15) is 10.4 Å². The summed E-state index contributed by atoms with van der Waals surface area (Å²) in [7, 11) is 0. The van der Waals surface area contributed by atoms with Crippen molar-refractivity contribution in [2.45, 2.75) is 38.1 Å². The lowest BCUT2D eigenvalue weighted by Crippen LogP contribution is -2.37. The average Bonchev–Trinajstić information content (AvgIpc) is 3.52. The molecule has 2 aromatic heterocycles. The van der Waals surface area contributed by atoms with Crippen molar-refractivity contribution < 1.29 is 9.53 Å². The summed E-state index contributed by atoms with van der Waals surface area (Å²) in [6.07, 6.45) is 6.33. The number of benzene rings is 2. The number of carbonyl (C=O) groups excluding carboxylic acids is 1. The number of amides is 1. The van der Waals surface area contributed by atoms with E-state index in [2.05, 4.69) is 16.3 Å². The van der Waals surface area contributed by atoms with Gasteiger partial charge in [0.15, 0.2) is 5.82 Å². The van der Waals surface area contributed by atoms with Crippen molar-refractivity contribution in [2.24, 2.45) is 5.92 Å². The van der Waals surface area contributed by atoms with Crippen LogP contribution < -0.4 is 10.5 Å². The first-order chi connectivity index (χ1) is 18.6. The zero-order valence-corrected chi connectivity index (χ0v) is 20.9. The first-order valence-electron chi connectivity index (χ1n) is 13.0. The molecule has 0 radical (unpaired) electrons. The lowest BCUT2D eigenvalue weighted by Gasteiger charge is -2.24. The molecule has 3 heterocycles. The number of H-pyrrole nitrogens is 1. The molecule has 1 saturated carbocycles. The Balaban J connectivity index is 1.28. The Morgan fingerprint density at radius 3 is 2.63 bits per heavy atom. The van der Waals surface area contributed by atoms with Gasteiger partial charge in [-0.15, -0.1) is 0 Å². The number of nitrogens with two attached hydrogens (primary N) is 1. The van der Waals surface area contributed by atoms with Crippen LogP contribution in [0.1, 0.15) is 31.4 Å². The smallest absolute Gasteiger partial charge is 0.264 e. The second-order valence-electron chi connectivity index (χ2n) is 9.96. The predicted octanol–water partition coefficient (Wildman–Crippen LogP) is 5.39. The van der Waals surface area contributed by atoms with Crippen LogP contribution in [0, 0.1) is 17.2 Å². The molecule has 6 rings (SSSR count). The molecule has 1 atom stereocenters. The number of nitrogen functional groups attached to an aromatic ring is 1. The summed E-state index contributed by atoms with van der Waals surface area (Å²) in [5.74, 6) is 2.09. The first kappa shape index (κ1) is 23.7. The van der Waals surface area contributed by atoms with E-state index in [4.69, 9.17) is 15.5 Å². The largest absolute Gasteiger partial charge is 0.457 e. The molecule has 190 valence electrons. The Hall–Kier alpha value is -4.64. The van der Waals surface area contributed by atoms with Crippen molar-refractivity contribution in [3.8, 4) is 28.8 Å². The number of nitriles is 1. The van der Waals surface area contributed by atoms with E-state index in [1.54, 1.807) is 0 Å². The van der Waals surface area contributed by atoms with Crippen molar-refractivity contribution in [1.29, 1.82) is 5.26 Å². The highest BCUT2D eigenvalue weighted by molar-refractivity contribution is 6.00. The summed E-state index contributed by atoms with van der Waals surface area (Å²) in [5, 5.41) is 17.6. The molecule has 8 heteroatoms. The first-order valence-corrected chi connectivity index (χ1v) is 13.0. The van der Waals surface area contributed by atoms with Crippen LogP contribution in [0.4, 0.5) is 5.82 Å². The zero-order chi connectivity index (χ0) is 26.1. The van der Waals surface area contributed by atoms with Crippen molar-refractivity contribution in [3.63, 3.8) is 0 Å². The molecule has 2 fully saturated rings. The molecule has 4 aromatic rings. The number of aromatic nitrogens is 3. The topological polar surface area (TPSA) is 121 Å². The molecule has 38 heavy (non-hydrogen) atoms. The number of nitrogens with one attached hydrogen (secondary N) is 1. The molecule has 1 saturated heterocycles. The molecular formula is C30H28N6O2. The standard InChI is InChI=1S/C30H28N6O2/c31-18-21(15-19-8-9-19)30(37)36-14-4-5-23(36)16-22-17-26-27(29(32)35-34-26)28(33-22)20-10-12-25(13-11-20)38-24-6-2-1-3-7-24/h1-3,6-7,10-13,15,17,19,23H,4-5,8-9,14,16H2,(H3,32,34,35). The number of rotatable bonds is 7. The Bertz CT molecular complexity index is 1550. The molecule has 0 spiro atoms. The molecule has 1 aliphatic heterocycles. The fraction of sp³-hybridized carbons (Fsp3) is 0.267. The quantitative estimate of drug-likeness (QED) is 0.257. The van der Waals surface area contributed by atoms with E-state index in [0.717, 1.165) is 65.0 Å². The zero-order valence-electron chi connectivity index (χ0n) is 20.9. The number of allylic oxidation sites excluding steroid dienone is 1.